The van der Waals surface area contributed by atoms with Crippen molar-refractivity contribution < 1.29 is 14.3 Å². The van der Waals surface area contributed by atoms with Crippen LogP contribution in [0.15, 0.2) is 48.5 Å². The smallest absolute Gasteiger partial charge is 0.337 e. The zero-order chi connectivity index (χ0) is 19.6. The molecule has 27 heavy (non-hydrogen) atoms. The van der Waals surface area contributed by atoms with Gasteiger partial charge in [-0.2, -0.15) is 0 Å². The Kier molecular flexibility index (Phi) is 5.26. The van der Waals surface area contributed by atoms with E-state index in [9.17, 15) is 4.79 Å². The number of rotatable bonds is 5. The zero-order valence-corrected chi connectivity index (χ0v) is 16.7. The number of hydrogen-bond acceptors (Lipinski definition) is 4. The van der Waals surface area contributed by atoms with Crippen LogP contribution in [0.1, 0.15) is 49.2 Å². The van der Waals surface area contributed by atoms with Crippen molar-refractivity contribution in [3.8, 4) is 5.75 Å². The summed E-state index contributed by atoms with van der Waals surface area (Å²) in [7, 11) is 1.39. The Morgan fingerprint density at radius 2 is 1.89 bits per heavy atom. The van der Waals surface area contributed by atoms with E-state index in [1.54, 1.807) is 12.1 Å². The van der Waals surface area contributed by atoms with E-state index in [-0.39, 0.29) is 17.6 Å². The monoisotopic (exact) mass is 365 g/mol. The van der Waals surface area contributed by atoms with E-state index in [4.69, 9.17) is 9.47 Å². The van der Waals surface area contributed by atoms with E-state index in [1.165, 1.54) is 18.4 Å². The van der Waals surface area contributed by atoms with Gasteiger partial charge in [-0.05, 0) is 51.5 Å². The Labute approximate surface area is 161 Å². The number of ether oxygens (including phenoxy) is 2. The number of esters is 1. The molecule has 3 rings (SSSR count). The van der Waals surface area contributed by atoms with Crippen molar-refractivity contribution in [1.82, 2.24) is 0 Å². The fourth-order valence-electron chi connectivity index (χ4n) is 3.32. The number of hydrogen-bond donors (Lipinski definition) is 0. The van der Waals surface area contributed by atoms with Crippen molar-refractivity contribution in [2.75, 3.05) is 12.0 Å². The molecule has 2 aromatic rings. The van der Waals surface area contributed by atoms with Gasteiger partial charge < -0.3 is 14.4 Å². The number of nitrogens with zero attached hydrogens (tertiary/aromatic N) is 1. The molecule has 0 atom stereocenters. The maximum absolute atomic E-state index is 11.9. The summed E-state index contributed by atoms with van der Waals surface area (Å²) in [6.07, 6.45) is 4.41. The summed E-state index contributed by atoms with van der Waals surface area (Å²) in [5.74, 6) is 0.359. The number of carbonyl (C=O) groups is 1. The predicted molar refractivity (Wildman–Crippen MR) is 109 cm³/mol. The summed E-state index contributed by atoms with van der Waals surface area (Å²) in [6, 6.07) is 13.9. The van der Waals surface area contributed by atoms with Gasteiger partial charge in [-0.25, -0.2) is 4.79 Å². The van der Waals surface area contributed by atoms with Gasteiger partial charge in [0.1, 0.15) is 5.75 Å². The van der Waals surface area contributed by atoms with Crippen LogP contribution in [0, 0.1) is 0 Å². The average Bonchev–Trinajstić information content (AvgIpc) is 2.64. The lowest BCUT2D eigenvalue weighted by Crippen LogP contribution is -2.44. The lowest BCUT2D eigenvalue weighted by Gasteiger charge is -2.42. The number of anilines is 1. The molecule has 1 aliphatic heterocycles. The summed E-state index contributed by atoms with van der Waals surface area (Å²) in [5.41, 5.74) is 3.79. The average molecular weight is 365 g/mol. The van der Waals surface area contributed by atoms with Crippen LogP contribution in [0.3, 0.4) is 0 Å². The molecule has 0 bridgehead atoms. The normalized spacial score (nSPS) is 14.8. The topological polar surface area (TPSA) is 38.8 Å². The minimum Gasteiger partial charge on any atom is -0.491 e. The van der Waals surface area contributed by atoms with Gasteiger partial charge in [0.25, 0.3) is 0 Å². The minimum atomic E-state index is -0.360. The standard InChI is InChI=1S/C23H27NO3/c1-16(2)27-21-14-18(22(25)26-5)10-11-19(21)15-24-20-9-7-6-8-17(20)12-13-23(24,3)4/h6-14,16H,15H2,1-5H3. The molecule has 0 unspecified atom stereocenters. The molecule has 0 saturated carbocycles. The molecule has 2 aromatic carbocycles. The molecule has 0 radical (unpaired) electrons. The molecule has 0 spiro atoms. The fraction of sp³-hybridized carbons (Fsp3) is 0.348. The van der Waals surface area contributed by atoms with Crippen molar-refractivity contribution in [2.45, 2.75) is 45.9 Å². The van der Waals surface area contributed by atoms with Crippen LogP contribution in [0.4, 0.5) is 5.69 Å². The summed E-state index contributed by atoms with van der Waals surface area (Å²) in [6.45, 7) is 9.04. The number of fused-ring (bicyclic) bond motifs is 1. The second kappa shape index (κ2) is 7.47. The third kappa shape index (κ3) is 4.00. The Morgan fingerprint density at radius 3 is 2.59 bits per heavy atom. The van der Waals surface area contributed by atoms with E-state index >= 15 is 0 Å². The molecule has 1 aliphatic rings. The summed E-state index contributed by atoms with van der Waals surface area (Å²) >= 11 is 0. The maximum Gasteiger partial charge on any atom is 0.337 e. The van der Waals surface area contributed by atoms with Crippen LogP contribution in [0.5, 0.6) is 5.75 Å². The van der Waals surface area contributed by atoms with Crippen LogP contribution in [0.25, 0.3) is 6.08 Å². The highest BCUT2D eigenvalue weighted by molar-refractivity contribution is 5.90. The van der Waals surface area contributed by atoms with Crippen LogP contribution >= 0.6 is 0 Å². The van der Waals surface area contributed by atoms with Gasteiger partial charge in [-0.3, -0.25) is 0 Å². The summed E-state index contributed by atoms with van der Waals surface area (Å²) in [5, 5.41) is 0. The Hall–Kier alpha value is -2.75. The van der Waals surface area contributed by atoms with Crippen molar-refractivity contribution >= 4 is 17.7 Å². The molecule has 0 saturated heterocycles. The van der Waals surface area contributed by atoms with E-state index in [1.807, 2.05) is 19.9 Å². The van der Waals surface area contributed by atoms with Gasteiger partial charge in [-0.15, -0.1) is 0 Å². The van der Waals surface area contributed by atoms with Crippen molar-refractivity contribution in [3.05, 3.63) is 65.2 Å². The van der Waals surface area contributed by atoms with Crippen molar-refractivity contribution in [1.29, 1.82) is 0 Å². The fourth-order valence-corrected chi connectivity index (χ4v) is 3.32. The first kappa shape index (κ1) is 19.0. The summed E-state index contributed by atoms with van der Waals surface area (Å²) in [4.78, 5) is 14.3. The first-order chi connectivity index (χ1) is 12.8. The minimum absolute atomic E-state index is 0.0122. The number of benzene rings is 2. The third-order valence-electron chi connectivity index (χ3n) is 4.77. The van der Waals surface area contributed by atoms with Crippen LogP contribution in [-0.4, -0.2) is 24.7 Å². The molecule has 0 N–H and O–H groups in total. The van der Waals surface area contributed by atoms with Gasteiger partial charge >= 0.3 is 5.97 Å². The molecule has 0 aromatic heterocycles. The third-order valence-corrected chi connectivity index (χ3v) is 4.77. The van der Waals surface area contributed by atoms with Crippen LogP contribution in [0.2, 0.25) is 0 Å². The Morgan fingerprint density at radius 1 is 1.15 bits per heavy atom. The highest BCUT2D eigenvalue weighted by Gasteiger charge is 2.29. The molecule has 142 valence electrons. The largest absolute Gasteiger partial charge is 0.491 e. The zero-order valence-electron chi connectivity index (χ0n) is 16.7. The molecule has 4 nitrogen and oxygen atoms in total. The maximum atomic E-state index is 11.9. The predicted octanol–water partition coefficient (Wildman–Crippen LogP) is 5.07. The van der Waals surface area contributed by atoms with Gasteiger partial charge in [0, 0.05) is 17.8 Å². The van der Waals surface area contributed by atoms with Gasteiger partial charge in [0.05, 0.1) is 24.3 Å². The van der Waals surface area contributed by atoms with Gasteiger partial charge in [0.2, 0.25) is 0 Å². The lowest BCUT2D eigenvalue weighted by atomic mass is 9.92. The number of carbonyl (C=O) groups excluding carboxylic acids is 1. The highest BCUT2D eigenvalue weighted by atomic mass is 16.5. The van der Waals surface area contributed by atoms with Crippen LogP contribution in [-0.2, 0) is 11.3 Å². The number of para-hydroxylation sites is 1. The first-order valence-corrected chi connectivity index (χ1v) is 9.25. The number of methoxy groups -OCH3 is 1. The Bertz CT molecular complexity index is 868. The molecule has 0 aliphatic carbocycles. The van der Waals surface area contributed by atoms with E-state index in [0.717, 1.165) is 11.3 Å². The second-order valence-electron chi connectivity index (χ2n) is 7.61. The molecular weight excluding hydrogens is 338 g/mol. The van der Waals surface area contributed by atoms with Crippen molar-refractivity contribution in [3.63, 3.8) is 0 Å². The summed E-state index contributed by atoms with van der Waals surface area (Å²) < 4.78 is 10.9. The van der Waals surface area contributed by atoms with Crippen molar-refractivity contribution in [2.24, 2.45) is 0 Å². The second-order valence-corrected chi connectivity index (χ2v) is 7.61. The van der Waals surface area contributed by atoms with E-state index < -0.39 is 0 Å². The first-order valence-electron chi connectivity index (χ1n) is 9.25. The SMILES string of the molecule is COC(=O)c1ccc(CN2c3ccccc3C=CC2(C)C)c(OC(C)C)c1. The molecule has 4 heteroatoms. The van der Waals surface area contributed by atoms with Gasteiger partial charge in [0.15, 0.2) is 0 Å². The Balaban J connectivity index is 2.01. The van der Waals surface area contributed by atoms with E-state index in [2.05, 4.69) is 55.2 Å². The van der Waals surface area contributed by atoms with Crippen LogP contribution < -0.4 is 9.64 Å². The lowest BCUT2D eigenvalue weighted by molar-refractivity contribution is 0.0600. The molecule has 0 amide bonds. The molecular formula is C23H27NO3. The molecule has 0 fully saturated rings. The van der Waals surface area contributed by atoms with E-state index in [0.29, 0.717) is 12.1 Å². The highest BCUT2D eigenvalue weighted by Crippen LogP contribution is 2.37. The quantitative estimate of drug-likeness (QED) is 0.693. The molecule has 1 heterocycles. The van der Waals surface area contributed by atoms with Gasteiger partial charge in [-0.1, -0.05) is 36.4 Å².